The molecule has 6 heteroatoms. The molecule has 0 aliphatic heterocycles. The molecule has 0 saturated heterocycles. The van der Waals surface area contributed by atoms with Crippen molar-refractivity contribution in [2.45, 2.75) is 361 Å². The lowest BCUT2D eigenvalue weighted by molar-refractivity contribution is -0.167. The second-order valence-corrected chi connectivity index (χ2v) is 23.1. The maximum atomic E-state index is 13.0. The van der Waals surface area contributed by atoms with Crippen molar-refractivity contribution in [3.8, 4) is 0 Å². The van der Waals surface area contributed by atoms with Crippen molar-refractivity contribution in [3.05, 3.63) is 72.9 Å². The third-order valence-electron chi connectivity index (χ3n) is 15.2. The van der Waals surface area contributed by atoms with E-state index in [1.54, 1.807) is 0 Å². The van der Waals surface area contributed by atoms with E-state index in [4.69, 9.17) is 14.2 Å². The first-order valence-electron chi connectivity index (χ1n) is 34.4. The number of rotatable bonds is 63. The van der Waals surface area contributed by atoms with Crippen LogP contribution in [0.3, 0.4) is 0 Å². The third kappa shape index (κ3) is 65.5. The van der Waals surface area contributed by atoms with Crippen LogP contribution in [0.2, 0.25) is 0 Å². The molecule has 0 aromatic rings. The van der Waals surface area contributed by atoms with Gasteiger partial charge in [0.15, 0.2) is 6.10 Å². The molecule has 0 aromatic carbocycles. The fourth-order valence-corrected chi connectivity index (χ4v) is 10.0. The zero-order chi connectivity index (χ0) is 57.1. The minimum atomic E-state index is -0.784. The monoisotopic (exact) mass is 1100 g/mol. The van der Waals surface area contributed by atoms with Gasteiger partial charge in [0.25, 0.3) is 0 Å². The second kappa shape index (κ2) is 67.4. The van der Waals surface area contributed by atoms with Gasteiger partial charge >= 0.3 is 17.9 Å². The van der Waals surface area contributed by atoms with Crippen LogP contribution in [-0.4, -0.2) is 37.2 Å². The van der Waals surface area contributed by atoms with Gasteiger partial charge < -0.3 is 14.2 Å². The lowest BCUT2D eigenvalue weighted by Crippen LogP contribution is -2.30. The van der Waals surface area contributed by atoms with Crippen LogP contribution in [-0.2, 0) is 28.6 Å². The van der Waals surface area contributed by atoms with Crippen molar-refractivity contribution in [1.29, 1.82) is 0 Å². The Kier molecular flexibility index (Phi) is 64.7. The van der Waals surface area contributed by atoms with Gasteiger partial charge in [0.05, 0.1) is 0 Å². The molecule has 1 atom stereocenters. The van der Waals surface area contributed by atoms with Gasteiger partial charge in [-0.1, -0.05) is 299 Å². The molecule has 79 heavy (non-hydrogen) atoms. The molecule has 0 amide bonds. The smallest absolute Gasteiger partial charge is 0.306 e. The van der Waals surface area contributed by atoms with Gasteiger partial charge in [-0.25, -0.2) is 0 Å². The lowest BCUT2D eigenvalue weighted by Gasteiger charge is -2.18. The molecule has 6 nitrogen and oxygen atoms in total. The highest BCUT2D eigenvalue weighted by Crippen LogP contribution is 2.17. The van der Waals surface area contributed by atoms with Crippen molar-refractivity contribution in [2.24, 2.45) is 0 Å². The van der Waals surface area contributed by atoms with Crippen LogP contribution < -0.4 is 0 Å². The average Bonchev–Trinajstić information content (AvgIpc) is 3.45. The van der Waals surface area contributed by atoms with Crippen LogP contribution in [0.15, 0.2) is 72.9 Å². The second-order valence-electron chi connectivity index (χ2n) is 23.1. The predicted octanol–water partition coefficient (Wildman–Crippen LogP) is 23.7. The Labute approximate surface area is 491 Å². The van der Waals surface area contributed by atoms with Crippen LogP contribution in [0.5, 0.6) is 0 Å². The molecule has 0 aromatic heterocycles. The lowest BCUT2D eigenvalue weighted by atomic mass is 10.0. The minimum absolute atomic E-state index is 0.0783. The first kappa shape index (κ1) is 75.8. The van der Waals surface area contributed by atoms with E-state index in [9.17, 15) is 14.4 Å². The van der Waals surface area contributed by atoms with Crippen LogP contribution in [0.25, 0.3) is 0 Å². The highest BCUT2D eigenvalue weighted by Gasteiger charge is 2.19. The summed E-state index contributed by atoms with van der Waals surface area (Å²) in [4.78, 5) is 38.4. The molecule has 0 bridgehead atoms. The summed E-state index contributed by atoms with van der Waals surface area (Å²) < 4.78 is 17.0. The fraction of sp³-hybridized carbons (Fsp3) is 0.795. The van der Waals surface area contributed by atoms with E-state index < -0.39 is 6.10 Å². The normalized spacial score (nSPS) is 12.5. The molecule has 0 N–H and O–H groups in total. The van der Waals surface area contributed by atoms with E-state index in [0.717, 1.165) is 89.9 Å². The molecule has 0 radical (unpaired) electrons. The van der Waals surface area contributed by atoms with E-state index in [-0.39, 0.29) is 31.1 Å². The number of ether oxygens (including phenoxy) is 3. The molecule has 1 unspecified atom stereocenters. The van der Waals surface area contributed by atoms with Crippen molar-refractivity contribution in [1.82, 2.24) is 0 Å². The Morgan fingerprint density at radius 2 is 0.494 bits per heavy atom. The summed E-state index contributed by atoms with van der Waals surface area (Å²) in [5, 5.41) is 0. The van der Waals surface area contributed by atoms with E-state index in [0.29, 0.717) is 19.3 Å². The molecule has 458 valence electrons. The van der Waals surface area contributed by atoms with Gasteiger partial charge in [-0.2, -0.15) is 0 Å². The topological polar surface area (TPSA) is 78.9 Å². The summed E-state index contributed by atoms with van der Waals surface area (Å²) in [6, 6.07) is 0. The number of unbranched alkanes of at least 4 members (excludes halogenated alkanes) is 40. The predicted molar refractivity (Wildman–Crippen MR) is 344 cm³/mol. The zero-order valence-electron chi connectivity index (χ0n) is 52.6. The standard InChI is InChI=1S/C73H130O6/c1-4-7-10-13-16-19-22-25-28-31-33-35-36-38-39-42-45-48-51-54-57-60-63-66-72(75)78-69-70(68-77-71(74)65-62-59-56-53-50-47-44-41-30-27-24-21-18-15-12-9-6-3)79-73(76)67-64-61-58-55-52-49-46-43-40-37-34-32-29-26-23-20-17-14-11-8-5-2/h8,11,17,20,26-27,29-31,33-34,37,70H,4-7,9-10,12-16,18-19,21-25,28,32,35-36,38-69H2,1-3H3/b11-8-,20-17-,29-26-,30-27-,33-31-,37-34-. The van der Waals surface area contributed by atoms with E-state index in [2.05, 4.69) is 93.7 Å². The highest BCUT2D eigenvalue weighted by molar-refractivity contribution is 5.71. The fourth-order valence-electron chi connectivity index (χ4n) is 10.0. The summed E-state index contributed by atoms with van der Waals surface area (Å²) in [5.74, 6) is -0.872. The van der Waals surface area contributed by atoms with Crippen molar-refractivity contribution >= 4 is 17.9 Å². The summed E-state index contributed by atoms with van der Waals surface area (Å²) in [6.07, 6.45) is 87.7. The van der Waals surface area contributed by atoms with Crippen LogP contribution in [0.1, 0.15) is 355 Å². The SMILES string of the molecule is CC/C=C\C/C=C\C/C=C\C/C=C\CCCCCCCCCCC(=O)OC(COC(=O)CCCCCCCCC/C=C\CCCCCCCC)COC(=O)CCCCCCCCCCCCC/C=C\CCCCCCCCCC. The molecule has 0 aliphatic rings. The average molecular weight is 1100 g/mol. The summed E-state index contributed by atoms with van der Waals surface area (Å²) in [5.41, 5.74) is 0. The minimum Gasteiger partial charge on any atom is -0.462 e. The summed E-state index contributed by atoms with van der Waals surface area (Å²) >= 11 is 0. The van der Waals surface area contributed by atoms with Crippen LogP contribution in [0.4, 0.5) is 0 Å². The van der Waals surface area contributed by atoms with Gasteiger partial charge in [-0.3, -0.25) is 14.4 Å². The van der Waals surface area contributed by atoms with Gasteiger partial charge in [-0.15, -0.1) is 0 Å². The number of hydrogen-bond acceptors (Lipinski definition) is 6. The molecule has 0 aliphatic carbocycles. The van der Waals surface area contributed by atoms with Crippen molar-refractivity contribution in [2.75, 3.05) is 13.2 Å². The number of hydrogen-bond donors (Lipinski definition) is 0. The van der Waals surface area contributed by atoms with E-state index >= 15 is 0 Å². The van der Waals surface area contributed by atoms with Gasteiger partial charge in [-0.05, 0) is 109 Å². The molecule has 0 heterocycles. The van der Waals surface area contributed by atoms with Crippen LogP contribution in [0, 0.1) is 0 Å². The third-order valence-corrected chi connectivity index (χ3v) is 15.2. The first-order chi connectivity index (χ1) is 39.0. The van der Waals surface area contributed by atoms with Gasteiger partial charge in [0.1, 0.15) is 13.2 Å². The quantitative estimate of drug-likeness (QED) is 0.0261. The van der Waals surface area contributed by atoms with E-state index in [1.165, 1.54) is 225 Å². The Balaban J connectivity index is 4.36. The Morgan fingerprint density at radius 1 is 0.266 bits per heavy atom. The highest BCUT2D eigenvalue weighted by atomic mass is 16.6. The van der Waals surface area contributed by atoms with E-state index in [1.807, 2.05) is 0 Å². The maximum Gasteiger partial charge on any atom is 0.306 e. The van der Waals surface area contributed by atoms with Gasteiger partial charge in [0.2, 0.25) is 0 Å². The van der Waals surface area contributed by atoms with Gasteiger partial charge in [0, 0.05) is 19.3 Å². The summed E-state index contributed by atoms with van der Waals surface area (Å²) in [6.45, 7) is 6.56. The first-order valence-corrected chi connectivity index (χ1v) is 34.4. The zero-order valence-corrected chi connectivity index (χ0v) is 52.6. The number of carbonyl (C=O) groups excluding carboxylic acids is 3. The number of esters is 3. The largest absolute Gasteiger partial charge is 0.462 e. The molecular formula is C73H130O6. The number of carbonyl (C=O) groups is 3. The maximum absolute atomic E-state index is 13.0. The molecular weight excluding hydrogens is 973 g/mol. The molecule has 0 fully saturated rings. The van der Waals surface area contributed by atoms with Crippen molar-refractivity contribution < 1.29 is 28.6 Å². The van der Waals surface area contributed by atoms with Crippen molar-refractivity contribution in [3.63, 3.8) is 0 Å². The Bertz CT molecular complexity index is 1450. The Hall–Kier alpha value is -3.15. The Morgan fingerprint density at radius 3 is 0.785 bits per heavy atom. The van der Waals surface area contributed by atoms with Crippen LogP contribution >= 0.6 is 0 Å². The number of allylic oxidation sites excluding steroid dienone is 12. The molecule has 0 rings (SSSR count). The molecule has 0 spiro atoms. The summed E-state index contributed by atoms with van der Waals surface area (Å²) in [7, 11) is 0. The molecule has 0 saturated carbocycles.